The van der Waals surface area contributed by atoms with Crippen LogP contribution < -0.4 is 33.8 Å². The van der Waals surface area contributed by atoms with Gasteiger partial charge in [-0.05, 0) is 146 Å². The fraction of sp³-hybridized carbons (Fsp3) is 0.0526. The number of nitrogens with zero attached hydrogens (tertiary/aromatic N) is 4. The third kappa shape index (κ3) is 8.82. The van der Waals surface area contributed by atoms with Crippen molar-refractivity contribution in [3.05, 3.63) is 237 Å². The first-order valence-corrected chi connectivity index (χ1v) is 21.2. The van der Waals surface area contributed by atoms with Gasteiger partial charge in [-0.15, -0.1) is 0 Å². The van der Waals surface area contributed by atoms with Crippen LogP contribution in [0.15, 0.2) is 237 Å². The Labute approximate surface area is 375 Å². The number of methoxy groups -OCH3 is 3. The third-order valence-electron chi connectivity index (χ3n) is 11.1. The van der Waals surface area contributed by atoms with Crippen LogP contribution in [-0.4, -0.2) is 21.3 Å². The molecule has 314 valence electrons. The van der Waals surface area contributed by atoms with Crippen LogP contribution in [0.2, 0.25) is 0 Å². The van der Waals surface area contributed by atoms with Crippen LogP contribution in [0.3, 0.4) is 0 Å². The molecule has 0 unspecified atom stereocenters. The summed E-state index contributed by atoms with van der Waals surface area (Å²) in [5.41, 5.74) is 12.2. The molecule has 64 heavy (non-hydrogen) atoms. The van der Waals surface area contributed by atoms with Crippen molar-refractivity contribution >= 4 is 68.2 Å². The quantitative estimate of drug-likeness (QED) is 0.102. The average Bonchev–Trinajstić information content (AvgIpc) is 3.37. The molecule has 9 aromatic carbocycles. The molecule has 0 amide bonds. The number of benzene rings is 9. The number of anilines is 12. The van der Waals surface area contributed by atoms with E-state index in [1.54, 1.807) is 21.3 Å². The van der Waals surface area contributed by atoms with Gasteiger partial charge in [0.25, 0.3) is 0 Å². The Morgan fingerprint density at radius 1 is 0.203 bits per heavy atom. The van der Waals surface area contributed by atoms with Crippen molar-refractivity contribution in [3.8, 4) is 17.2 Å². The number of hydrogen-bond donors (Lipinski definition) is 0. The molecule has 7 heteroatoms. The van der Waals surface area contributed by atoms with Crippen molar-refractivity contribution in [2.75, 3.05) is 40.9 Å². The molecule has 0 atom stereocenters. The summed E-state index contributed by atoms with van der Waals surface area (Å²) in [5, 5.41) is 0. The molecule has 7 nitrogen and oxygen atoms in total. The maximum atomic E-state index is 5.64. The first-order chi connectivity index (χ1) is 31.6. The second kappa shape index (κ2) is 19.1. The summed E-state index contributed by atoms with van der Waals surface area (Å²) in [6.45, 7) is 0. The molecule has 0 aromatic heterocycles. The predicted molar refractivity (Wildman–Crippen MR) is 265 cm³/mol. The van der Waals surface area contributed by atoms with Gasteiger partial charge in [-0.25, -0.2) is 0 Å². The number of para-hydroxylation sites is 3. The van der Waals surface area contributed by atoms with Crippen LogP contribution in [0.5, 0.6) is 17.2 Å². The number of rotatable bonds is 15. The van der Waals surface area contributed by atoms with Gasteiger partial charge in [-0.2, -0.15) is 0 Å². The van der Waals surface area contributed by atoms with Gasteiger partial charge in [0.15, 0.2) is 0 Å². The maximum Gasteiger partial charge on any atom is 0.120 e. The standard InChI is InChI=1S/C57H48N4O3/c1-62-55-25-13-22-52(40-55)59(43-16-7-4-8-17-43)49-34-28-46(29-35-49)58(47-30-36-50(37-31-47)60(44-18-9-5-10-19-44)53-23-14-26-56(41-53)63-2)48-32-38-51(39-33-48)61(45-20-11-6-12-21-45)54-24-15-27-57(42-54)64-3/h4-42H,1-3H3. The Hall–Kier alpha value is -8.42. The molecule has 9 aromatic rings. The zero-order valence-corrected chi connectivity index (χ0v) is 36.0. The summed E-state index contributed by atoms with van der Waals surface area (Å²) in [6.07, 6.45) is 0. The first kappa shape index (κ1) is 41.0. The topological polar surface area (TPSA) is 40.7 Å². The zero-order chi connectivity index (χ0) is 43.7. The Kier molecular flexibility index (Phi) is 12.2. The zero-order valence-electron chi connectivity index (χ0n) is 36.0. The fourth-order valence-electron chi connectivity index (χ4n) is 8.02. The molecule has 0 radical (unpaired) electrons. The summed E-state index contributed by atoms with van der Waals surface area (Å²) in [5.74, 6) is 2.38. The van der Waals surface area contributed by atoms with Crippen LogP contribution in [0.25, 0.3) is 0 Å². The molecule has 0 fully saturated rings. The SMILES string of the molecule is COc1cccc(N(c2ccccc2)c2ccc(N(c3ccc(N(c4ccccc4)c4cccc(OC)c4)cc3)c3ccc(N(c4ccccc4)c4cccc(OC)c4)cc3)cc2)c1. The summed E-state index contributed by atoms with van der Waals surface area (Å²) < 4.78 is 16.9. The highest BCUT2D eigenvalue weighted by Gasteiger charge is 2.20. The van der Waals surface area contributed by atoms with E-state index in [1.165, 1.54) is 0 Å². The van der Waals surface area contributed by atoms with Crippen LogP contribution in [0.1, 0.15) is 0 Å². The van der Waals surface area contributed by atoms with Gasteiger partial charge in [-0.3, -0.25) is 0 Å². The number of hydrogen-bond acceptors (Lipinski definition) is 7. The largest absolute Gasteiger partial charge is 0.497 e. The van der Waals surface area contributed by atoms with Crippen molar-refractivity contribution < 1.29 is 14.2 Å². The van der Waals surface area contributed by atoms with Crippen LogP contribution in [-0.2, 0) is 0 Å². The molecule has 0 heterocycles. The van der Waals surface area contributed by atoms with Crippen molar-refractivity contribution in [2.45, 2.75) is 0 Å². The fourth-order valence-corrected chi connectivity index (χ4v) is 8.02. The van der Waals surface area contributed by atoms with Crippen LogP contribution in [0.4, 0.5) is 68.2 Å². The maximum absolute atomic E-state index is 5.64. The molecule has 0 aliphatic heterocycles. The minimum atomic E-state index is 0.794. The molecule has 0 aliphatic rings. The van der Waals surface area contributed by atoms with Crippen molar-refractivity contribution in [1.82, 2.24) is 0 Å². The highest BCUT2D eigenvalue weighted by atomic mass is 16.5. The summed E-state index contributed by atoms with van der Waals surface area (Å²) >= 11 is 0. The first-order valence-electron chi connectivity index (χ1n) is 21.2. The van der Waals surface area contributed by atoms with Gasteiger partial charge in [0.2, 0.25) is 0 Å². The molecule has 0 bridgehead atoms. The predicted octanol–water partition coefficient (Wildman–Crippen LogP) is 15.6. The summed E-state index contributed by atoms with van der Waals surface area (Å²) in [7, 11) is 5.10. The highest BCUT2D eigenvalue weighted by Crippen LogP contribution is 2.43. The molecule has 0 saturated carbocycles. The van der Waals surface area contributed by atoms with Gasteiger partial charge in [0.05, 0.1) is 21.3 Å². The van der Waals surface area contributed by atoms with E-state index in [4.69, 9.17) is 14.2 Å². The number of ether oxygens (including phenoxy) is 3. The van der Waals surface area contributed by atoms with Gasteiger partial charge in [0.1, 0.15) is 17.2 Å². The van der Waals surface area contributed by atoms with Crippen molar-refractivity contribution in [1.29, 1.82) is 0 Å². The lowest BCUT2D eigenvalue weighted by atomic mass is 10.1. The monoisotopic (exact) mass is 836 g/mol. The van der Waals surface area contributed by atoms with Crippen molar-refractivity contribution in [3.63, 3.8) is 0 Å². The lowest BCUT2D eigenvalue weighted by Crippen LogP contribution is -2.14. The molecule has 0 spiro atoms. The smallest absolute Gasteiger partial charge is 0.120 e. The summed E-state index contributed by atoms with van der Waals surface area (Å²) in [4.78, 5) is 9.03. The van der Waals surface area contributed by atoms with E-state index in [1.807, 2.05) is 54.6 Å². The van der Waals surface area contributed by atoms with Gasteiger partial charge >= 0.3 is 0 Å². The third-order valence-corrected chi connectivity index (χ3v) is 11.1. The van der Waals surface area contributed by atoms with E-state index in [9.17, 15) is 0 Å². The highest BCUT2D eigenvalue weighted by molar-refractivity contribution is 5.85. The van der Waals surface area contributed by atoms with Gasteiger partial charge in [-0.1, -0.05) is 72.8 Å². The molecule has 0 saturated heterocycles. The molecular formula is C57H48N4O3. The second-order valence-corrected chi connectivity index (χ2v) is 15.0. The van der Waals surface area contributed by atoms with Crippen LogP contribution in [0, 0.1) is 0 Å². The van der Waals surface area contributed by atoms with E-state index in [0.29, 0.717) is 0 Å². The normalized spacial score (nSPS) is 10.7. The van der Waals surface area contributed by atoms with E-state index in [-0.39, 0.29) is 0 Å². The lowest BCUT2D eigenvalue weighted by Gasteiger charge is -2.30. The lowest BCUT2D eigenvalue weighted by molar-refractivity contribution is 0.415. The van der Waals surface area contributed by atoms with Gasteiger partial charge < -0.3 is 33.8 Å². The minimum absolute atomic E-state index is 0.794. The van der Waals surface area contributed by atoms with Gasteiger partial charge in [0, 0.05) is 86.4 Å². The Balaban J connectivity index is 1.14. The molecule has 9 rings (SSSR count). The Morgan fingerprint density at radius 2 is 0.391 bits per heavy atom. The van der Waals surface area contributed by atoms with E-state index >= 15 is 0 Å². The average molecular weight is 837 g/mol. The summed E-state index contributed by atoms with van der Waals surface area (Å²) in [6, 6.07) is 81.9. The van der Waals surface area contributed by atoms with Crippen LogP contribution >= 0.6 is 0 Å². The minimum Gasteiger partial charge on any atom is -0.497 e. The molecule has 0 N–H and O–H groups in total. The van der Waals surface area contributed by atoms with E-state index < -0.39 is 0 Å². The molecular weight excluding hydrogens is 789 g/mol. The second-order valence-electron chi connectivity index (χ2n) is 15.0. The van der Waals surface area contributed by atoms with E-state index in [0.717, 1.165) is 85.5 Å². The Bertz CT molecular complexity index is 2570. The van der Waals surface area contributed by atoms with E-state index in [2.05, 4.69) is 202 Å². The Morgan fingerprint density at radius 3 is 0.609 bits per heavy atom. The molecule has 0 aliphatic carbocycles. The van der Waals surface area contributed by atoms with Crippen molar-refractivity contribution in [2.24, 2.45) is 0 Å².